The lowest BCUT2D eigenvalue weighted by atomic mass is 10.1. The van der Waals surface area contributed by atoms with Gasteiger partial charge in [0, 0.05) is 12.0 Å². The summed E-state index contributed by atoms with van der Waals surface area (Å²) in [4.78, 5) is 22.4. The molecule has 4 heteroatoms. The van der Waals surface area contributed by atoms with E-state index < -0.39 is 5.97 Å². The van der Waals surface area contributed by atoms with Crippen molar-refractivity contribution in [1.29, 1.82) is 0 Å². The highest BCUT2D eigenvalue weighted by atomic mass is 16.5. The second-order valence-electron chi connectivity index (χ2n) is 5.06. The molecule has 0 spiro atoms. The summed E-state index contributed by atoms with van der Waals surface area (Å²) in [5.41, 5.74) is 2.71. The molecular formula is C18H18O4. The van der Waals surface area contributed by atoms with Gasteiger partial charge in [0.15, 0.2) is 5.78 Å². The molecule has 0 heterocycles. The molecule has 4 nitrogen and oxygen atoms in total. The fourth-order valence-corrected chi connectivity index (χ4v) is 2.06. The van der Waals surface area contributed by atoms with E-state index in [2.05, 4.69) is 0 Å². The van der Waals surface area contributed by atoms with Crippen molar-refractivity contribution < 1.29 is 19.4 Å². The van der Waals surface area contributed by atoms with Crippen LogP contribution in [0.5, 0.6) is 5.75 Å². The number of Topliss-reactive ketones (excluding diaryl/α,β-unsaturated/α-hetero) is 1. The Hall–Kier alpha value is -2.62. The zero-order chi connectivity index (χ0) is 15.9. The zero-order valence-electron chi connectivity index (χ0n) is 12.4. The van der Waals surface area contributed by atoms with Crippen molar-refractivity contribution in [1.82, 2.24) is 0 Å². The molecule has 0 atom stereocenters. The topological polar surface area (TPSA) is 63.6 Å². The van der Waals surface area contributed by atoms with Crippen LogP contribution in [0.4, 0.5) is 0 Å². The number of aliphatic carboxylic acids is 1. The van der Waals surface area contributed by atoms with E-state index in [0.717, 1.165) is 11.1 Å². The molecule has 0 aromatic heterocycles. The summed E-state index contributed by atoms with van der Waals surface area (Å²) in [5.74, 6) is -0.562. The van der Waals surface area contributed by atoms with Crippen LogP contribution in [0.3, 0.4) is 0 Å². The van der Waals surface area contributed by atoms with Gasteiger partial charge in [0.1, 0.15) is 12.4 Å². The molecule has 0 radical (unpaired) electrons. The number of carbonyl (C=O) groups is 2. The summed E-state index contributed by atoms with van der Waals surface area (Å²) < 4.78 is 5.72. The van der Waals surface area contributed by atoms with Crippen LogP contribution in [-0.2, 0) is 11.4 Å². The molecule has 0 aliphatic rings. The molecule has 0 bridgehead atoms. The van der Waals surface area contributed by atoms with Gasteiger partial charge in [-0.05, 0) is 30.2 Å². The minimum atomic E-state index is -0.972. The average Bonchev–Trinajstić information content (AvgIpc) is 2.52. The maximum atomic E-state index is 11.9. The van der Waals surface area contributed by atoms with Gasteiger partial charge in [0.25, 0.3) is 0 Å². The van der Waals surface area contributed by atoms with Crippen molar-refractivity contribution >= 4 is 11.8 Å². The van der Waals surface area contributed by atoms with Gasteiger partial charge in [-0.3, -0.25) is 9.59 Å². The number of ketones is 1. The molecule has 0 amide bonds. The Labute approximate surface area is 129 Å². The Morgan fingerprint density at radius 1 is 1.05 bits per heavy atom. The summed E-state index contributed by atoms with van der Waals surface area (Å²) in [6.07, 6.45) is -0.163. The Balaban J connectivity index is 2.01. The van der Waals surface area contributed by atoms with Gasteiger partial charge in [-0.2, -0.15) is 0 Å². The van der Waals surface area contributed by atoms with Gasteiger partial charge >= 0.3 is 5.97 Å². The van der Waals surface area contributed by atoms with Gasteiger partial charge in [-0.1, -0.05) is 36.4 Å². The molecule has 22 heavy (non-hydrogen) atoms. The summed E-state index contributed by atoms with van der Waals surface area (Å²) in [6, 6.07) is 14.8. The quantitative estimate of drug-likeness (QED) is 0.793. The van der Waals surface area contributed by atoms with E-state index in [1.807, 2.05) is 31.2 Å². The minimum Gasteiger partial charge on any atom is -0.489 e. The predicted octanol–water partition coefficient (Wildman–Crippen LogP) is 3.62. The van der Waals surface area contributed by atoms with Crippen molar-refractivity contribution in [3.05, 3.63) is 65.2 Å². The summed E-state index contributed by atoms with van der Waals surface area (Å²) in [7, 11) is 0. The zero-order valence-corrected chi connectivity index (χ0v) is 12.4. The molecule has 2 aromatic carbocycles. The first-order chi connectivity index (χ1) is 10.6. The van der Waals surface area contributed by atoms with Gasteiger partial charge in [0.2, 0.25) is 0 Å². The number of hydrogen-bond acceptors (Lipinski definition) is 3. The Kier molecular flexibility index (Phi) is 5.31. The van der Waals surface area contributed by atoms with E-state index in [9.17, 15) is 9.59 Å². The Morgan fingerprint density at radius 3 is 2.55 bits per heavy atom. The lowest BCUT2D eigenvalue weighted by Crippen LogP contribution is -2.04. The number of ether oxygens (including phenoxy) is 1. The first-order valence-electron chi connectivity index (χ1n) is 7.08. The third-order valence-corrected chi connectivity index (χ3v) is 3.38. The first kappa shape index (κ1) is 15.8. The lowest BCUT2D eigenvalue weighted by Gasteiger charge is -2.09. The number of aryl methyl sites for hydroxylation is 1. The average molecular weight is 298 g/mol. The number of carboxylic acids is 1. The van der Waals surface area contributed by atoms with Crippen molar-refractivity contribution in [3.8, 4) is 5.75 Å². The van der Waals surface area contributed by atoms with Gasteiger partial charge in [-0.15, -0.1) is 0 Å². The van der Waals surface area contributed by atoms with Crippen molar-refractivity contribution in [2.45, 2.75) is 26.4 Å². The molecule has 0 unspecified atom stereocenters. The van der Waals surface area contributed by atoms with Gasteiger partial charge < -0.3 is 9.84 Å². The Morgan fingerprint density at radius 2 is 1.82 bits per heavy atom. The molecule has 2 aromatic rings. The van der Waals surface area contributed by atoms with E-state index >= 15 is 0 Å². The normalized spacial score (nSPS) is 10.2. The SMILES string of the molecule is Cc1ccccc1COc1cccc(C(=O)CCC(=O)O)c1. The monoisotopic (exact) mass is 298 g/mol. The molecule has 0 aliphatic heterocycles. The van der Waals surface area contributed by atoms with Crippen LogP contribution in [0, 0.1) is 6.92 Å². The highest BCUT2D eigenvalue weighted by Gasteiger charge is 2.09. The third-order valence-electron chi connectivity index (χ3n) is 3.38. The second-order valence-corrected chi connectivity index (χ2v) is 5.06. The number of benzene rings is 2. The highest BCUT2D eigenvalue weighted by molar-refractivity contribution is 5.97. The standard InChI is InChI=1S/C18H18O4/c1-13-5-2-3-6-15(13)12-22-16-8-4-7-14(11-16)17(19)9-10-18(20)21/h2-8,11H,9-10,12H2,1H3,(H,20,21). The molecule has 114 valence electrons. The van der Waals surface area contributed by atoms with Crippen LogP contribution in [0.15, 0.2) is 48.5 Å². The van der Waals surface area contributed by atoms with Gasteiger partial charge in [0.05, 0.1) is 6.42 Å². The smallest absolute Gasteiger partial charge is 0.303 e. The van der Waals surface area contributed by atoms with Crippen molar-refractivity contribution in [3.63, 3.8) is 0 Å². The van der Waals surface area contributed by atoms with E-state index in [-0.39, 0.29) is 18.6 Å². The van der Waals surface area contributed by atoms with Crippen LogP contribution >= 0.6 is 0 Å². The van der Waals surface area contributed by atoms with Crippen LogP contribution in [0.25, 0.3) is 0 Å². The molecule has 0 aliphatic carbocycles. The van der Waals surface area contributed by atoms with E-state index in [1.54, 1.807) is 24.3 Å². The van der Waals surface area contributed by atoms with Crippen LogP contribution in [0.1, 0.15) is 34.3 Å². The van der Waals surface area contributed by atoms with Crippen LogP contribution in [-0.4, -0.2) is 16.9 Å². The fraction of sp³-hybridized carbons (Fsp3) is 0.222. The fourth-order valence-electron chi connectivity index (χ4n) is 2.06. The van der Waals surface area contributed by atoms with Crippen molar-refractivity contribution in [2.24, 2.45) is 0 Å². The highest BCUT2D eigenvalue weighted by Crippen LogP contribution is 2.18. The minimum absolute atomic E-state index is 0.00339. The maximum Gasteiger partial charge on any atom is 0.303 e. The largest absolute Gasteiger partial charge is 0.489 e. The summed E-state index contributed by atoms with van der Waals surface area (Å²) in [5, 5.41) is 8.62. The molecule has 1 N–H and O–H groups in total. The first-order valence-corrected chi connectivity index (χ1v) is 7.08. The number of hydrogen-bond donors (Lipinski definition) is 1. The van der Waals surface area contributed by atoms with E-state index in [1.165, 1.54) is 0 Å². The molecule has 0 saturated heterocycles. The second kappa shape index (κ2) is 7.41. The molecule has 2 rings (SSSR count). The number of carboxylic acid groups (broad SMARTS) is 1. The summed E-state index contributed by atoms with van der Waals surface area (Å²) in [6.45, 7) is 2.45. The summed E-state index contributed by atoms with van der Waals surface area (Å²) >= 11 is 0. The maximum absolute atomic E-state index is 11.9. The number of carbonyl (C=O) groups excluding carboxylic acids is 1. The molecule has 0 fully saturated rings. The lowest BCUT2D eigenvalue weighted by molar-refractivity contribution is -0.136. The molecule has 0 saturated carbocycles. The third kappa shape index (κ3) is 4.45. The van der Waals surface area contributed by atoms with Crippen LogP contribution < -0.4 is 4.74 Å². The van der Waals surface area contributed by atoms with E-state index in [4.69, 9.17) is 9.84 Å². The van der Waals surface area contributed by atoms with E-state index in [0.29, 0.717) is 17.9 Å². The van der Waals surface area contributed by atoms with Crippen LogP contribution in [0.2, 0.25) is 0 Å². The Bertz CT molecular complexity index is 676. The van der Waals surface area contributed by atoms with Crippen molar-refractivity contribution in [2.75, 3.05) is 0 Å². The number of rotatable bonds is 7. The van der Waals surface area contributed by atoms with Gasteiger partial charge in [-0.25, -0.2) is 0 Å². The predicted molar refractivity (Wildman–Crippen MR) is 83.2 cm³/mol. The molecular weight excluding hydrogens is 280 g/mol.